The summed E-state index contributed by atoms with van der Waals surface area (Å²) in [4.78, 5) is 0. The van der Waals surface area contributed by atoms with Crippen LogP contribution in [0.1, 0.15) is 47.6 Å². The third-order valence-electron chi connectivity index (χ3n) is 4.59. The van der Waals surface area contributed by atoms with Gasteiger partial charge in [-0.1, -0.05) is 25.6 Å². The fourth-order valence-electron chi connectivity index (χ4n) is 3.30. The summed E-state index contributed by atoms with van der Waals surface area (Å²) in [5.74, 6) is 1.40. The minimum absolute atomic E-state index is 0.629. The SMILES string of the molecule is C=Cc1cc2c(c(C)c1/C=C(\N)C1CC1)CC(C)C2. The van der Waals surface area contributed by atoms with Gasteiger partial charge in [-0.2, -0.15) is 0 Å². The quantitative estimate of drug-likeness (QED) is 0.863. The standard InChI is InChI=1S/C18H23N/c1-4-13-9-15-7-11(2)8-16(15)12(3)17(13)10-18(19)14-5-6-14/h4,9-11,14H,1,5-8,19H2,2-3H3/b18-10-. The number of fused-ring (bicyclic) bond motifs is 1. The van der Waals surface area contributed by atoms with Gasteiger partial charge >= 0.3 is 0 Å². The lowest BCUT2D eigenvalue weighted by Crippen LogP contribution is -2.02. The summed E-state index contributed by atoms with van der Waals surface area (Å²) in [5, 5.41) is 0. The minimum Gasteiger partial charge on any atom is -0.402 e. The third-order valence-corrected chi connectivity index (χ3v) is 4.59. The van der Waals surface area contributed by atoms with Crippen LogP contribution in [-0.4, -0.2) is 0 Å². The molecule has 1 heteroatoms. The lowest BCUT2D eigenvalue weighted by Gasteiger charge is -2.13. The monoisotopic (exact) mass is 253 g/mol. The number of allylic oxidation sites excluding steroid dienone is 1. The Morgan fingerprint density at radius 1 is 1.37 bits per heavy atom. The summed E-state index contributed by atoms with van der Waals surface area (Å²) in [5.41, 5.74) is 14.3. The Morgan fingerprint density at radius 2 is 2.11 bits per heavy atom. The van der Waals surface area contributed by atoms with Crippen molar-refractivity contribution in [3.63, 3.8) is 0 Å². The van der Waals surface area contributed by atoms with Crippen molar-refractivity contribution in [2.75, 3.05) is 0 Å². The fourth-order valence-corrected chi connectivity index (χ4v) is 3.30. The zero-order chi connectivity index (χ0) is 13.6. The van der Waals surface area contributed by atoms with Crippen LogP contribution < -0.4 is 5.73 Å². The maximum Gasteiger partial charge on any atom is 0.0118 e. The first-order valence-electron chi connectivity index (χ1n) is 7.35. The van der Waals surface area contributed by atoms with Gasteiger partial charge in [0.1, 0.15) is 0 Å². The molecule has 2 aliphatic rings. The molecule has 1 nitrogen and oxygen atoms in total. The van der Waals surface area contributed by atoms with E-state index in [1.54, 1.807) is 5.56 Å². The number of hydrogen-bond donors (Lipinski definition) is 1. The molecule has 0 radical (unpaired) electrons. The summed E-state index contributed by atoms with van der Waals surface area (Å²) in [7, 11) is 0. The van der Waals surface area contributed by atoms with Crippen molar-refractivity contribution in [2.45, 2.75) is 39.5 Å². The number of rotatable bonds is 3. The van der Waals surface area contributed by atoms with Gasteiger partial charge in [0.2, 0.25) is 0 Å². The molecule has 0 heterocycles. The van der Waals surface area contributed by atoms with Gasteiger partial charge in [0.15, 0.2) is 0 Å². The normalized spacial score (nSPS) is 22.4. The Kier molecular flexibility index (Phi) is 3.00. The Balaban J connectivity index is 2.10. The Hall–Kier alpha value is -1.50. The van der Waals surface area contributed by atoms with Gasteiger partial charge in [0, 0.05) is 5.70 Å². The molecular weight excluding hydrogens is 230 g/mol. The highest BCUT2D eigenvalue weighted by Crippen LogP contribution is 2.37. The van der Waals surface area contributed by atoms with Crippen molar-refractivity contribution < 1.29 is 0 Å². The summed E-state index contributed by atoms with van der Waals surface area (Å²) in [6.45, 7) is 8.56. The van der Waals surface area contributed by atoms with Gasteiger partial charge in [-0.3, -0.25) is 0 Å². The van der Waals surface area contributed by atoms with Crippen LogP contribution in [0.2, 0.25) is 0 Å². The Labute approximate surface area is 116 Å². The van der Waals surface area contributed by atoms with Gasteiger partial charge in [-0.05, 0) is 78.3 Å². The molecule has 19 heavy (non-hydrogen) atoms. The molecule has 0 amide bonds. The summed E-state index contributed by atoms with van der Waals surface area (Å²) in [6, 6.07) is 2.32. The first-order valence-corrected chi connectivity index (χ1v) is 7.35. The molecule has 1 fully saturated rings. The maximum absolute atomic E-state index is 6.20. The predicted octanol–water partition coefficient (Wildman–Crippen LogP) is 4.08. The van der Waals surface area contributed by atoms with Crippen LogP contribution in [-0.2, 0) is 12.8 Å². The van der Waals surface area contributed by atoms with Gasteiger partial charge < -0.3 is 5.73 Å². The molecular formula is C18H23N. The molecule has 1 aromatic rings. The van der Waals surface area contributed by atoms with Gasteiger partial charge in [0.05, 0.1) is 0 Å². The second-order valence-corrected chi connectivity index (χ2v) is 6.28. The number of benzene rings is 1. The maximum atomic E-state index is 6.20. The molecule has 0 aromatic heterocycles. The number of nitrogens with two attached hydrogens (primary N) is 1. The molecule has 0 aliphatic heterocycles. The van der Waals surface area contributed by atoms with E-state index in [1.807, 2.05) is 6.08 Å². The van der Waals surface area contributed by atoms with E-state index in [1.165, 1.54) is 47.9 Å². The summed E-state index contributed by atoms with van der Waals surface area (Å²) >= 11 is 0. The Morgan fingerprint density at radius 3 is 2.74 bits per heavy atom. The van der Waals surface area contributed by atoms with Crippen molar-refractivity contribution in [3.8, 4) is 0 Å². The second-order valence-electron chi connectivity index (χ2n) is 6.28. The van der Waals surface area contributed by atoms with Crippen LogP contribution in [0.3, 0.4) is 0 Å². The lowest BCUT2D eigenvalue weighted by atomic mass is 9.92. The van der Waals surface area contributed by atoms with Crippen molar-refractivity contribution in [1.82, 2.24) is 0 Å². The highest BCUT2D eigenvalue weighted by molar-refractivity contribution is 5.71. The minimum atomic E-state index is 0.629. The van der Waals surface area contributed by atoms with Crippen LogP contribution in [0.25, 0.3) is 12.2 Å². The van der Waals surface area contributed by atoms with Gasteiger partial charge in [-0.25, -0.2) is 0 Å². The molecule has 1 unspecified atom stereocenters. The molecule has 0 bridgehead atoms. The van der Waals surface area contributed by atoms with E-state index in [4.69, 9.17) is 5.73 Å². The van der Waals surface area contributed by atoms with Gasteiger partial charge in [-0.15, -0.1) is 0 Å². The Bertz CT molecular complexity index is 562. The second kappa shape index (κ2) is 4.56. The van der Waals surface area contributed by atoms with Crippen LogP contribution in [0, 0.1) is 18.8 Å². The fraction of sp³-hybridized carbons (Fsp3) is 0.444. The van der Waals surface area contributed by atoms with Gasteiger partial charge in [0.25, 0.3) is 0 Å². The molecule has 100 valence electrons. The highest BCUT2D eigenvalue weighted by Gasteiger charge is 2.26. The summed E-state index contributed by atoms with van der Waals surface area (Å²) in [6.07, 6.45) is 9.11. The average molecular weight is 253 g/mol. The zero-order valence-corrected chi connectivity index (χ0v) is 12.0. The van der Waals surface area contributed by atoms with Crippen molar-refractivity contribution in [3.05, 3.63) is 46.2 Å². The molecule has 2 N–H and O–H groups in total. The van der Waals surface area contributed by atoms with E-state index < -0.39 is 0 Å². The van der Waals surface area contributed by atoms with Crippen LogP contribution in [0.5, 0.6) is 0 Å². The van der Waals surface area contributed by atoms with E-state index in [0.717, 1.165) is 11.6 Å². The van der Waals surface area contributed by atoms with Crippen LogP contribution in [0.4, 0.5) is 0 Å². The number of hydrogen-bond acceptors (Lipinski definition) is 1. The van der Waals surface area contributed by atoms with E-state index in [9.17, 15) is 0 Å². The molecule has 2 aliphatic carbocycles. The largest absolute Gasteiger partial charge is 0.402 e. The topological polar surface area (TPSA) is 26.0 Å². The highest BCUT2D eigenvalue weighted by atomic mass is 14.6. The van der Waals surface area contributed by atoms with E-state index in [2.05, 4.69) is 32.6 Å². The lowest BCUT2D eigenvalue weighted by molar-refractivity contribution is 0.627. The molecule has 0 saturated heterocycles. The molecule has 0 spiro atoms. The molecule has 1 saturated carbocycles. The van der Waals surface area contributed by atoms with Crippen LogP contribution >= 0.6 is 0 Å². The van der Waals surface area contributed by atoms with Crippen molar-refractivity contribution in [2.24, 2.45) is 17.6 Å². The van der Waals surface area contributed by atoms with E-state index in [0.29, 0.717) is 5.92 Å². The van der Waals surface area contributed by atoms with Crippen LogP contribution in [0.15, 0.2) is 18.3 Å². The molecule has 1 atom stereocenters. The van der Waals surface area contributed by atoms with Crippen molar-refractivity contribution >= 4 is 12.2 Å². The smallest absolute Gasteiger partial charge is 0.0118 e. The van der Waals surface area contributed by atoms with E-state index >= 15 is 0 Å². The first kappa shape index (κ1) is 12.5. The first-order chi connectivity index (χ1) is 9.10. The molecule has 3 rings (SSSR count). The van der Waals surface area contributed by atoms with E-state index in [-0.39, 0.29) is 0 Å². The average Bonchev–Trinajstić information content (AvgIpc) is 3.15. The summed E-state index contributed by atoms with van der Waals surface area (Å²) < 4.78 is 0. The van der Waals surface area contributed by atoms with Crippen molar-refractivity contribution in [1.29, 1.82) is 0 Å². The predicted molar refractivity (Wildman–Crippen MR) is 82.7 cm³/mol. The molecule has 1 aromatic carbocycles. The third kappa shape index (κ3) is 2.22. The zero-order valence-electron chi connectivity index (χ0n) is 12.0.